The van der Waals surface area contributed by atoms with Gasteiger partial charge in [-0.05, 0) is 41.1 Å². The first-order chi connectivity index (χ1) is 4.84. The largest absolute Gasteiger partial charge is 0.244 e. The van der Waals surface area contributed by atoms with Crippen molar-refractivity contribution < 1.29 is 8.42 Å². The van der Waals surface area contributed by atoms with Gasteiger partial charge in [0.05, 0.1) is 0 Å². The van der Waals surface area contributed by atoms with Crippen molar-refractivity contribution in [3.63, 3.8) is 0 Å². The molecule has 0 aliphatic carbocycles. The maximum atomic E-state index is 10.9. The van der Waals surface area contributed by atoms with Gasteiger partial charge in [-0.3, -0.25) is 0 Å². The molecule has 0 aromatic rings. The minimum atomic E-state index is -3.57. The lowest BCUT2D eigenvalue weighted by Gasteiger charge is -2.18. The van der Waals surface area contributed by atoms with Gasteiger partial charge in [0.1, 0.15) is 4.24 Å². The summed E-state index contributed by atoms with van der Waals surface area (Å²) in [7, 11) is -3.57. The highest BCUT2D eigenvalue weighted by molar-refractivity contribution is 9.93. The third-order valence-electron chi connectivity index (χ3n) is 1.03. The van der Waals surface area contributed by atoms with Crippen molar-refractivity contribution in [3.8, 4) is 0 Å². The second-order valence-electron chi connectivity index (χ2n) is 1.87. The van der Waals surface area contributed by atoms with Crippen molar-refractivity contribution in [2.45, 2.75) is 0 Å². The van der Waals surface area contributed by atoms with E-state index in [0.29, 0.717) is 0 Å². The Hall–Kier alpha value is 0.700. The van der Waals surface area contributed by atoms with Crippen LogP contribution in [0.15, 0.2) is 21.8 Å². The molecule has 0 atom stereocenters. The van der Waals surface area contributed by atoms with Gasteiger partial charge in [-0.25, -0.2) is 13.6 Å². The molecule has 0 spiro atoms. The van der Waals surface area contributed by atoms with E-state index >= 15 is 0 Å². The number of halogens is 2. The van der Waals surface area contributed by atoms with Gasteiger partial charge in [0.25, 0.3) is 0 Å². The standard InChI is InChI=1S/C4H5Br2NO2S2/c5-10(6)3-1-2-4(10)11(7,8)9/h1-3H,(H2,7,8,9). The van der Waals surface area contributed by atoms with Crippen molar-refractivity contribution in [2.75, 3.05) is 0 Å². The summed E-state index contributed by atoms with van der Waals surface area (Å²) >= 11 is 6.46. The van der Waals surface area contributed by atoms with Crippen LogP contribution in [0.25, 0.3) is 0 Å². The number of rotatable bonds is 1. The molecule has 0 aromatic heterocycles. The zero-order chi connectivity index (χ0) is 8.70. The van der Waals surface area contributed by atoms with E-state index in [2.05, 4.69) is 29.6 Å². The van der Waals surface area contributed by atoms with Crippen LogP contribution in [0, 0.1) is 0 Å². The highest BCUT2D eigenvalue weighted by atomic mass is 79.9. The van der Waals surface area contributed by atoms with E-state index in [1.807, 2.05) is 0 Å². The monoisotopic (exact) mass is 321 g/mol. The smallest absolute Gasteiger partial charge is 0.224 e. The second kappa shape index (κ2) is 2.88. The van der Waals surface area contributed by atoms with Crippen molar-refractivity contribution >= 4 is 46.5 Å². The molecule has 3 nitrogen and oxygen atoms in total. The Morgan fingerprint density at radius 2 is 2.00 bits per heavy atom. The first-order valence-corrected chi connectivity index (χ1v) is 9.41. The molecule has 1 aliphatic rings. The van der Waals surface area contributed by atoms with Crippen LogP contribution < -0.4 is 5.14 Å². The second-order valence-corrected chi connectivity index (χ2v) is 14.1. The van der Waals surface area contributed by atoms with Crippen molar-refractivity contribution in [2.24, 2.45) is 5.14 Å². The topological polar surface area (TPSA) is 60.2 Å². The fourth-order valence-electron chi connectivity index (χ4n) is 0.624. The number of primary sulfonamides is 1. The van der Waals surface area contributed by atoms with Gasteiger partial charge in [0.15, 0.2) is 0 Å². The summed E-state index contributed by atoms with van der Waals surface area (Å²) in [4.78, 5) is 0. The molecule has 0 radical (unpaired) electrons. The molecule has 64 valence electrons. The molecule has 0 unspecified atom stereocenters. The van der Waals surface area contributed by atoms with E-state index in [-0.39, 0.29) is 4.24 Å². The van der Waals surface area contributed by atoms with Gasteiger partial charge in [-0.2, -0.15) is 0 Å². The van der Waals surface area contributed by atoms with Crippen LogP contribution in [-0.4, -0.2) is 8.42 Å². The summed E-state index contributed by atoms with van der Waals surface area (Å²) in [6, 6.07) is 0. The number of allylic oxidation sites excluding steroid dienone is 2. The fourth-order valence-corrected chi connectivity index (χ4v) is 7.68. The lowest BCUT2D eigenvalue weighted by molar-refractivity contribution is 0.605. The fraction of sp³-hybridized carbons (Fsp3) is 0. The van der Waals surface area contributed by atoms with E-state index in [0.717, 1.165) is 0 Å². The van der Waals surface area contributed by atoms with Gasteiger partial charge < -0.3 is 0 Å². The van der Waals surface area contributed by atoms with Crippen molar-refractivity contribution in [1.82, 2.24) is 0 Å². The molecule has 1 rings (SSSR count). The van der Waals surface area contributed by atoms with E-state index in [4.69, 9.17) is 5.14 Å². The molecule has 1 aliphatic heterocycles. The SMILES string of the molecule is NS(=O)(=O)C1=CC=CS1(Br)Br. The number of hydrogen-bond acceptors (Lipinski definition) is 2. The Bertz CT molecular complexity index is 330. The highest BCUT2D eigenvalue weighted by Gasteiger charge is 2.30. The molecule has 2 N–H and O–H groups in total. The Morgan fingerprint density at radius 3 is 2.18 bits per heavy atom. The molecule has 0 fully saturated rings. The average Bonchev–Trinajstić information content (AvgIpc) is 2.06. The average molecular weight is 323 g/mol. The summed E-state index contributed by atoms with van der Waals surface area (Å²) < 4.78 is 22.0. The Morgan fingerprint density at radius 1 is 1.45 bits per heavy atom. The van der Waals surface area contributed by atoms with Crippen LogP contribution in [-0.2, 0) is 10.0 Å². The van der Waals surface area contributed by atoms with E-state index in [1.165, 1.54) is 6.08 Å². The zero-order valence-electron chi connectivity index (χ0n) is 5.20. The van der Waals surface area contributed by atoms with Crippen molar-refractivity contribution in [1.29, 1.82) is 0 Å². The Labute approximate surface area is 81.5 Å². The molecular formula is C4H5Br2NO2S2. The maximum Gasteiger partial charge on any atom is 0.244 e. The summed E-state index contributed by atoms with van der Waals surface area (Å²) in [5, 5.41) is 6.67. The van der Waals surface area contributed by atoms with Crippen LogP contribution in [0.3, 0.4) is 0 Å². The molecule has 0 aromatic carbocycles. The van der Waals surface area contributed by atoms with E-state index in [1.54, 1.807) is 11.5 Å². The highest BCUT2D eigenvalue weighted by Crippen LogP contribution is 2.72. The summed E-state index contributed by atoms with van der Waals surface area (Å²) in [5.74, 6) is 0. The van der Waals surface area contributed by atoms with Crippen LogP contribution in [0.5, 0.6) is 0 Å². The number of sulfonamides is 1. The lowest BCUT2D eigenvalue weighted by Crippen LogP contribution is -2.13. The number of hydrogen-bond donors (Lipinski definition) is 1. The summed E-state index contributed by atoms with van der Waals surface area (Å²) in [6.45, 7) is -1.65. The third kappa shape index (κ3) is 2.09. The predicted octanol–water partition coefficient (Wildman–Crippen LogP) is 2.07. The quantitative estimate of drug-likeness (QED) is 0.803. The van der Waals surface area contributed by atoms with Gasteiger partial charge in [-0.15, -0.1) is 0 Å². The van der Waals surface area contributed by atoms with Crippen LogP contribution in [0.2, 0.25) is 0 Å². The molecule has 1 heterocycles. The Balaban J connectivity index is 3.15. The maximum absolute atomic E-state index is 10.9. The first kappa shape index (κ1) is 9.79. The normalized spacial score (nSPS) is 24.8. The summed E-state index contributed by atoms with van der Waals surface area (Å²) in [5.41, 5.74) is 0. The molecule has 0 amide bonds. The van der Waals surface area contributed by atoms with Gasteiger partial charge in [0, 0.05) is 0 Å². The van der Waals surface area contributed by atoms with E-state index in [9.17, 15) is 8.42 Å². The first-order valence-electron chi connectivity index (χ1n) is 2.48. The zero-order valence-corrected chi connectivity index (χ0v) is 10.0. The third-order valence-corrected chi connectivity index (χ3v) is 9.06. The number of nitrogens with two attached hydrogens (primary N) is 1. The molecule has 11 heavy (non-hydrogen) atoms. The minimum Gasteiger partial charge on any atom is -0.224 e. The predicted molar refractivity (Wildman–Crippen MR) is 55.8 cm³/mol. The molecule has 7 heteroatoms. The Kier molecular flexibility index (Phi) is 2.56. The van der Waals surface area contributed by atoms with Gasteiger partial charge in [-0.1, -0.05) is 13.0 Å². The van der Waals surface area contributed by atoms with Crippen LogP contribution in [0.4, 0.5) is 0 Å². The molecule has 0 saturated heterocycles. The summed E-state index contributed by atoms with van der Waals surface area (Å²) in [6.07, 6.45) is 3.13. The van der Waals surface area contributed by atoms with Crippen molar-refractivity contribution in [3.05, 3.63) is 21.8 Å². The minimum absolute atomic E-state index is 0.199. The van der Waals surface area contributed by atoms with Gasteiger partial charge >= 0.3 is 0 Å². The molecular weight excluding hydrogens is 318 g/mol. The van der Waals surface area contributed by atoms with E-state index < -0.39 is 16.9 Å². The van der Waals surface area contributed by atoms with Crippen LogP contribution in [0.1, 0.15) is 0 Å². The molecule has 0 saturated carbocycles. The molecule has 0 bridgehead atoms. The lowest BCUT2D eigenvalue weighted by atomic mass is 10.6. The van der Waals surface area contributed by atoms with Crippen LogP contribution >= 0.6 is 36.5 Å². The van der Waals surface area contributed by atoms with Gasteiger partial charge in [0.2, 0.25) is 10.0 Å².